The lowest BCUT2D eigenvalue weighted by Crippen LogP contribution is -2.47. The van der Waals surface area contributed by atoms with Gasteiger partial charge in [0.2, 0.25) is 17.6 Å². The zero-order valence-electron chi connectivity index (χ0n) is 16.6. The van der Waals surface area contributed by atoms with Crippen molar-refractivity contribution in [3.63, 3.8) is 0 Å². The second-order valence-electron chi connectivity index (χ2n) is 6.24. The number of hydrogen-bond donors (Lipinski definition) is 3. The highest BCUT2D eigenvalue weighted by Crippen LogP contribution is 2.39. The molecule has 0 aliphatic rings. The van der Waals surface area contributed by atoms with Gasteiger partial charge in [0.25, 0.3) is 0 Å². The molecule has 8 nitrogen and oxygen atoms in total. The average molecular weight is 404 g/mol. The Morgan fingerprint density at radius 1 is 1.04 bits per heavy atom. The van der Waals surface area contributed by atoms with E-state index in [0.29, 0.717) is 17.2 Å². The van der Waals surface area contributed by atoms with Gasteiger partial charge in [0.05, 0.1) is 40.0 Å². The second-order valence-corrected chi connectivity index (χ2v) is 6.24. The maximum atomic E-state index is 12.1. The predicted octanol–water partition coefficient (Wildman–Crippen LogP) is 1.41. The van der Waals surface area contributed by atoms with Crippen molar-refractivity contribution < 1.29 is 23.8 Å². The lowest BCUT2D eigenvalue weighted by Gasteiger charge is -2.19. The number of rotatable bonds is 9. The maximum Gasteiger partial charge on any atom is 0.239 e. The van der Waals surface area contributed by atoms with E-state index < -0.39 is 6.04 Å². The molecule has 0 radical (unpaired) electrons. The number of nitrogens with two attached hydrogens (primary N) is 1. The fourth-order valence-electron chi connectivity index (χ4n) is 2.32. The number of carbonyl (C=O) groups excluding carboxylic acids is 2. The summed E-state index contributed by atoms with van der Waals surface area (Å²) in [5.74, 6) is 0.799. The van der Waals surface area contributed by atoms with Gasteiger partial charge in [-0.15, -0.1) is 12.4 Å². The summed E-state index contributed by atoms with van der Waals surface area (Å²) in [6, 6.07) is 2.56. The third kappa shape index (κ3) is 6.80. The van der Waals surface area contributed by atoms with Crippen molar-refractivity contribution in [2.45, 2.75) is 32.9 Å². The van der Waals surface area contributed by atoms with E-state index in [-0.39, 0.29) is 42.7 Å². The average Bonchev–Trinajstić information content (AvgIpc) is 2.63. The molecule has 1 aromatic rings. The Morgan fingerprint density at radius 3 is 1.96 bits per heavy atom. The van der Waals surface area contributed by atoms with Crippen molar-refractivity contribution in [1.29, 1.82) is 0 Å². The highest BCUT2D eigenvalue weighted by Gasteiger charge is 2.20. The summed E-state index contributed by atoms with van der Waals surface area (Å²) in [6.07, 6.45) is 0. The number of halogens is 1. The molecule has 0 saturated heterocycles. The fourth-order valence-corrected chi connectivity index (χ4v) is 2.32. The molecular weight excluding hydrogens is 374 g/mol. The minimum absolute atomic E-state index is 0. The van der Waals surface area contributed by atoms with Crippen LogP contribution in [0.15, 0.2) is 12.1 Å². The summed E-state index contributed by atoms with van der Waals surface area (Å²) in [5, 5.41) is 5.35. The lowest BCUT2D eigenvalue weighted by atomic mass is 10.1. The molecule has 0 heterocycles. The molecule has 1 rings (SSSR count). The summed E-state index contributed by atoms with van der Waals surface area (Å²) >= 11 is 0. The van der Waals surface area contributed by atoms with Crippen molar-refractivity contribution in [2.24, 2.45) is 11.7 Å². The number of benzene rings is 1. The van der Waals surface area contributed by atoms with Crippen molar-refractivity contribution in [3.8, 4) is 17.2 Å². The molecule has 154 valence electrons. The van der Waals surface area contributed by atoms with Gasteiger partial charge in [0.1, 0.15) is 0 Å². The topological polar surface area (TPSA) is 112 Å². The highest BCUT2D eigenvalue weighted by atomic mass is 35.5. The van der Waals surface area contributed by atoms with Crippen molar-refractivity contribution >= 4 is 24.2 Å². The predicted molar refractivity (Wildman–Crippen MR) is 106 cm³/mol. The Kier molecular flexibility index (Phi) is 10.6. The van der Waals surface area contributed by atoms with E-state index in [0.717, 1.165) is 5.56 Å². The van der Waals surface area contributed by atoms with Gasteiger partial charge < -0.3 is 30.6 Å². The largest absolute Gasteiger partial charge is 0.493 e. The van der Waals surface area contributed by atoms with E-state index in [2.05, 4.69) is 10.6 Å². The second kappa shape index (κ2) is 11.5. The molecule has 0 aliphatic carbocycles. The summed E-state index contributed by atoms with van der Waals surface area (Å²) < 4.78 is 15.9. The molecular formula is C18H30ClN3O5. The van der Waals surface area contributed by atoms with Gasteiger partial charge in [0.15, 0.2) is 11.5 Å². The van der Waals surface area contributed by atoms with Crippen LogP contribution in [0.5, 0.6) is 17.2 Å². The van der Waals surface area contributed by atoms with Crippen LogP contribution in [0.1, 0.15) is 32.4 Å². The first-order valence-corrected chi connectivity index (χ1v) is 8.37. The third-order valence-electron chi connectivity index (χ3n) is 4.01. The minimum Gasteiger partial charge on any atom is -0.493 e. The van der Waals surface area contributed by atoms with E-state index in [1.54, 1.807) is 12.1 Å². The molecule has 0 aromatic heterocycles. The van der Waals surface area contributed by atoms with Gasteiger partial charge in [-0.1, -0.05) is 13.8 Å². The van der Waals surface area contributed by atoms with Crippen molar-refractivity contribution in [1.82, 2.24) is 10.6 Å². The van der Waals surface area contributed by atoms with Gasteiger partial charge >= 0.3 is 0 Å². The molecule has 27 heavy (non-hydrogen) atoms. The maximum absolute atomic E-state index is 12.1. The summed E-state index contributed by atoms with van der Waals surface area (Å²) in [4.78, 5) is 23.9. The molecule has 4 N–H and O–H groups in total. The normalized spacial score (nSPS) is 12.4. The van der Waals surface area contributed by atoms with Crippen LogP contribution in [-0.4, -0.2) is 45.7 Å². The summed E-state index contributed by atoms with van der Waals surface area (Å²) in [7, 11) is 4.57. The number of ether oxygens (including phenoxy) is 3. The standard InChI is InChI=1S/C18H29N3O5.ClH/c1-10(2)16(19)18(23)20-9-15(22)21-11(3)12-7-13(24-4)17(26-6)14(8-12)25-5;/h7-8,10-11,16H,9,19H2,1-6H3,(H,20,23)(H,21,22);1H/t11?,16-;/m0./s1. The lowest BCUT2D eigenvalue weighted by molar-refractivity contribution is -0.127. The van der Waals surface area contributed by atoms with Crippen LogP contribution in [0.4, 0.5) is 0 Å². The Morgan fingerprint density at radius 2 is 1.56 bits per heavy atom. The Bertz CT molecular complexity index is 614. The zero-order chi connectivity index (χ0) is 19.9. The van der Waals surface area contributed by atoms with E-state index >= 15 is 0 Å². The number of nitrogens with one attached hydrogen (secondary N) is 2. The molecule has 0 aliphatic heterocycles. The van der Waals surface area contributed by atoms with Gasteiger partial charge in [0, 0.05) is 0 Å². The molecule has 2 atom stereocenters. The van der Waals surface area contributed by atoms with Gasteiger partial charge in [-0.25, -0.2) is 0 Å². The molecule has 1 aromatic carbocycles. The van der Waals surface area contributed by atoms with Gasteiger partial charge in [-0.3, -0.25) is 9.59 Å². The molecule has 0 bridgehead atoms. The fraction of sp³-hybridized carbons (Fsp3) is 0.556. The molecule has 0 saturated carbocycles. The number of hydrogen-bond acceptors (Lipinski definition) is 6. The minimum atomic E-state index is -0.643. The Balaban J connectivity index is 0.00000676. The van der Waals surface area contributed by atoms with Crippen LogP contribution >= 0.6 is 12.4 Å². The number of methoxy groups -OCH3 is 3. The van der Waals surface area contributed by atoms with Crippen LogP contribution in [0.25, 0.3) is 0 Å². The van der Waals surface area contributed by atoms with E-state index in [9.17, 15) is 9.59 Å². The molecule has 1 unspecified atom stereocenters. The first-order valence-electron chi connectivity index (χ1n) is 8.37. The quantitative estimate of drug-likeness (QED) is 0.574. The smallest absolute Gasteiger partial charge is 0.239 e. The van der Waals surface area contributed by atoms with Crippen LogP contribution in [0, 0.1) is 5.92 Å². The highest BCUT2D eigenvalue weighted by molar-refractivity contribution is 5.87. The van der Waals surface area contributed by atoms with Gasteiger partial charge in [-0.2, -0.15) is 0 Å². The summed E-state index contributed by atoms with van der Waals surface area (Å²) in [6.45, 7) is 5.36. The van der Waals surface area contributed by atoms with E-state index in [1.807, 2.05) is 20.8 Å². The molecule has 0 fully saturated rings. The van der Waals surface area contributed by atoms with E-state index in [4.69, 9.17) is 19.9 Å². The van der Waals surface area contributed by atoms with Crippen molar-refractivity contribution in [2.75, 3.05) is 27.9 Å². The number of amides is 2. The third-order valence-corrected chi connectivity index (χ3v) is 4.01. The van der Waals surface area contributed by atoms with Crippen LogP contribution in [-0.2, 0) is 9.59 Å². The first-order chi connectivity index (χ1) is 12.2. The van der Waals surface area contributed by atoms with E-state index in [1.165, 1.54) is 21.3 Å². The SMILES string of the molecule is COc1cc(C(C)NC(=O)CNC(=O)[C@@H](N)C(C)C)cc(OC)c1OC.Cl. The summed E-state index contributed by atoms with van der Waals surface area (Å²) in [5.41, 5.74) is 6.52. The van der Waals surface area contributed by atoms with Crippen LogP contribution < -0.4 is 30.6 Å². The van der Waals surface area contributed by atoms with Crippen molar-refractivity contribution in [3.05, 3.63) is 17.7 Å². The molecule has 0 spiro atoms. The van der Waals surface area contributed by atoms with Gasteiger partial charge in [-0.05, 0) is 30.5 Å². The molecule has 9 heteroatoms. The monoisotopic (exact) mass is 403 g/mol. The first kappa shape index (κ1) is 24.8. The molecule has 2 amide bonds. The van der Waals surface area contributed by atoms with Crippen LogP contribution in [0.3, 0.4) is 0 Å². The Hall–Kier alpha value is -2.19. The number of carbonyl (C=O) groups is 2. The zero-order valence-corrected chi connectivity index (χ0v) is 17.4. The Labute approximate surface area is 166 Å². The van der Waals surface area contributed by atoms with Crippen LogP contribution in [0.2, 0.25) is 0 Å².